The summed E-state index contributed by atoms with van der Waals surface area (Å²) in [6, 6.07) is 12.8. The van der Waals surface area contributed by atoms with Gasteiger partial charge >= 0.3 is 5.69 Å². The molecule has 0 saturated carbocycles. The van der Waals surface area contributed by atoms with Gasteiger partial charge in [0.05, 0.1) is 33.8 Å². The van der Waals surface area contributed by atoms with Crippen molar-refractivity contribution in [2.45, 2.75) is 12.6 Å². The Morgan fingerprint density at radius 1 is 1.09 bits per heavy atom. The average Bonchev–Trinajstić information content (AvgIpc) is 3.17. The van der Waals surface area contributed by atoms with Crippen LogP contribution in [0.4, 0.5) is 5.69 Å². The Balaban J connectivity index is 1.95. The smallest absolute Gasteiger partial charge is 0.331 e. The standard InChI is InChI=1S/C23H20N4O6/c1-24-19-17(22(29)25(2)23(24)30)18(13-6-5-7-14(12-13)27(31)32)26-10-11-33-21(20(19)26)15-8-3-4-9-16(15)28/h3-9,12,21,28H,10-11H2,1-2H3/t21-/m0/s1. The van der Waals surface area contributed by atoms with Crippen molar-refractivity contribution in [2.75, 3.05) is 6.61 Å². The molecule has 0 bridgehead atoms. The van der Waals surface area contributed by atoms with Crippen molar-refractivity contribution in [3.05, 3.63) is 90.7 Å². The zero-order valence-electron chi connectivity index (χ0n) is 17.9. The normalized spacial score (nSPS) is 15.5. The topological polar surface area (TPSA) is 122 Å². The molecule has 2 aromatic carbocycles. The summed E-state index contributed by atoms with van der Waals surface area (Å²) in [6.45, 7) is 0.645. The van der Waals surface area contributed by atoms with Crippen LogP contribution >= 0.6 is 0 Å². The number of benzene rings is 2. The highest BCUT2D eigenvalue weighted by Gasteiger charge is 2.34. The van der Waals surface area contributed by atoms with E-state index >= 15 is 0 Å². The molecule has 3 heterocycles. The zero-order chi connectivity index (χ0) is 23.4. The Morgan fingerprint density at radius 3 is 2.58 bits per heavy atom. The van der Waals surface area contributed by atoms with E-state index in [1.165, 1.54) is 23.7 Å². The van der Waals surface area contributed by atoms with E-state index in [4.69, 9.17) is 4.74 Å². The summed E-state index contributed by atoms with van der Waals surface area (Å²) in [5.41, 5.74) is 1.24. The zero-order valence-corrected chi connectivity index (χ0v) is 17.9. The lowest BCUT2D eigenvalue weighted by Crippen LogP contribution is -2.37. The predicted octanol–water partition coefficient (Wildman–Crippen LogP) is 2.44. The fraction of sp³-hybridized carbons (Fsp3) is 0.217. The second-order valence-corrected chi connectivity index (χ2v) is 7.93. The molecule has 0 aliphatic carbocycles. The first-order valence-corrected chi connectivity index (χ1v) is 10.3. The van der Waals surface area contributed by atoms with Gasteiger partial charge in [-0.25, -0.2) is 4.79 Å². The number of hydrogen-bond acceptors (Lipinski definition) is 6. The lowest BCUT2D eigenvalue weighted by molar-refractivity contribution is -0.384. The first-order valence-electron chi connectivity index (χ1n) is 10.3. The van der Waals surface area contributed by atoms with E-state index < -0.39 is 22.3 Å². The maximum Gasteiger partial charge on any atom is 0.331 e. The van der Waals surface area contributed by atoms with Crippen LogP contribution in [0.2, 0.25) is 0 Å². The SMILES string of the molecule is Cn1c(=O)c2c(-c3cccc([N+](=O)[O-])c3)n3c(c2n(C)c1=O)[C@H](c1ccccc1O)OCC3. The average molecular weight is 448 g/mol. The molecule has 2 aromatic heterocycles. The number of phenols is 1. The van der Waals surface area contributed by atoms with Crippen LogP contribution in [0.15, 0.2) is 58.1 Å². The van der Waals surface area contributed by atoms with Crippen molar-refractivity contribution in [2.24, 2.45) is 14.1 Å². The van der Waals surface area contributed by atoms with Gasteiger partial charge in [0.2, 0.25) is 0 Å². The maximum atomic E-state index is 13.4. The second-order valence-electron chi connectivity index (χ2n) is 7.93. The van der Waals surface area contributed by atoms with E-state index in [-0.39, 0.29) is 23.4 Å². The second kappa shape index (κ2) is 7.45. The fourth-order valence-corrected chi connectivity index (χ4v) is 4.59. The summed E-state index contributed by atoms with van der Waals surface area (Å²) >= 11 is 0. The van der Waals surface area contributed by atoms with E-state index in [1.54, 1.807) is 43.4 Å². The van der Waals surface area contributed by atoms with Crippen molar-refractivity contribution in [1.29, 1.82) is 0 Å². The number of aromatic nitrogens is 3. The molecule has 33 heavy (non-hydrogen) atoms. The lowest BCUT2D eigenvalue weighted by Gasteiger charge is -2.28. The van der Waals surface area contributed by atoms with Crippen LogP contribution in [0.5, 0.6) is 5.75 Å². The summed E-state index contributed by atoms with van der Waals surface area (Å²) < 4.78 is 10.3. The van der Waals surface area contributed by atoms with Gasteiger partial charge in [-0.1, -0.05) is 30.3 Å². The maximum absolute atomic E-state index is 13.4. The number of aromatic hydroxyl groups is 1. The first-order chi connectivity index (χ1) is 15.8. The molecular formula is C23H20N4O6. The highest BCUT2D eigenvalue weighted by molar-refractivity contribution is 5.96. The minimum Gasteiger partial charge on any atom is -0.508 e. The van der Waals surface area contributed by atoms with Gasteiger partial charge < -0.3 is 14.4 Å². The first kappa shape index (κ1) is 20.7. The molecule has 5 rings (SSSR count). The van der Waals surface area contributed by atoms with Crippen molar-refractivity contribution < 1.29 is 14.8 Å². The number of hydrogen-bond donors (Lipinski definition) is 1. The number of para-hydroxylation sites is 1. The molecule has 1 atom stereocenters. The van der Waals surface area contributed by atoms with Gasteiger partial charge in [0.15, 0.2) is 0 Å². The van der Waals surface area contributed by atoms with E-state index in [0.29, 0.717) is 34.6 Å². The Morgan fingerprint density at radius 2 is 1.85 bits per heavy atom. The number of nitro benzene ring substituents is 1. The predicted molar refractivity (Wildman–Crippen MR) is 120 cm³/mol. The summed E-state index contributed by atoms with van der Waals surface area (Å²) in [6.07, 6.45) is -0.743. The number of phenolic OH excluding ortho intramolecular Hbond substituents is 1. The number of ether oxygens (including phenoxy) is 1. The molecule has 1 N–H and O–H groups in total. The van der Waals surface area contributed by atoms with Crippen molar-refractivity contribution in [1.82, 2.24) is 13.7 Å². The van der Waals surface area contributed by atoms with Gasteiger partial charge in [-0.3, -0.25) is 24.0 Å². The molecule has 168 valence electrons. The van der Waals surface area contributed by atoms with E-state index in [0.717, 1.165) is 4.57 Å². The Kier molecular flexibility index (Phi) is 4.68. The summed E-state index contributed by atoms with van der Waals surface area (Å²) in [5, 5.41) is 22.2. The number of aryl methyl sites for hydroxylation is 1. The molecule has 0 fully saturated rings. The van der Waals surface area contributed by atoms with E-state index in [1.807, 2.05) is 4.57 Å². The van der Waals surface area contributed by atoms with Crippen molar-refractivity contribution in [3.8, 4) is 17.0 Å². The number of nitro groups is 1. The van der Waals surface area contributed by atoms with E-state index in [9.17, 15) is 24.8 Å². The molecule has 0 saturated heterocycles. The quantitative estimate of drug-likeness (QED) is 0.380. The van der Waals surface area contributed by atoms with Gasteiger partial charge in [-0.2, -0.15) is 0 Å². The minimum absolute atomic E-state index is 0.0241. The fourth-order valence-electron chi connectivity index (χ4n) is 4.59. The minimum atomic E-state index is -0.743. The van der Waals surface area contributed by atoms with Gasteiger partial charge in [0.25, 0.3) is 11.2 Å². The Bertz CT molecular complexity index is 1560. The molecule has 0 radical (unpaired) electrons. The summed E-state index contributed by atoms with van der Waals surface area (Å²) in [7, 11) is 2.97. The molecular weight excluding hydrogens is 428 g/mol. The highest BCUT2D eigenvalue weighted by Crippen LogP contribution is 2.42. The number of nitrogens with zero attached hydrogens (tertiary/aromatic N) is 4. The van der Waals surface area contributed by atoms with Crippen LogP contribution in [-0.2, 0) is 25.4 Å². The Hall–Kier alpha value is -4.18. The Labute approximate surface area is 186 Å². The third kappa shape index (κ3) is 2.99. The van der Waals surface area contributed by atoms with Crippen LogP contribution in [0.1, 0.15) is 17.4 Å². The monoisotopic (exact) mass is 448 g/mol. The largest absolute Gasteiger partial charge is 0.508 e. The van der Waals surface area contributed by atoms with Crippen LogP contribution in [0.25, 0.3) is 22.2 Å². The number of rotatable bonds is 3. The van der Waals surface area contributed by atoms with Crippen LogP contribution in [-0.4, -0.2) is 30.3 Å². The molecule has 1 aliphatic heterocycles. The highest BCUT2D eigenvalue weighted by atomic mass is 16.6. The molecule has 0 spiro atoms. The van der Waals surface area contributed by atoms with Gasteiger partial charge in [-0.05, 0) is 6.07 Å². The molecule has 4 aromatic rings. The van der Waals surface area contributed by atoms with Crippen molar-refractivity contribution in [3.63, 3.8) is 0 Å². The van der Waals surface area contributed by atoms with Gasteiger partial charge in [0, 0.05) is 43.9 Å². The summed E-state index contributed by atoms with van der Waals surface area (Å²) in [5.74, 6) is 0.0241. The number of fused-ring (bicyclic) bond motifs is 3. The van der Waals surface area contributed by atoms with Crippen LogP contribution in [0.3, 0.4) is 0 Å². The lowest BCUT2D eigenvalue weighted by atomic mass is 10.0. The number of non-ortho nitro benzene ring substituents is 1. The van der Waals surface area contributed by atoms with Crippen LogP contribution in [0, 0.1) is 10.1 Å². The molecule has 1 aliphatic rings. The van der Waals surface area contributed by atoms with Gasteiger partial charge in [0.1, 0.15) is 11.9 Å². The third-order valence-electron chi connectivity index (χ3n) is 6.10. The van der Waals surface area contributed by atoms with E-state index in [2.05, 4.69) is 0 Å². The van der Waals surface area contributed by atoms with Crippen molar-refractivity contribution >= 4 is 16.6 Å². The van der Waals surface area contributed by atoms with Gasteiger partial charge in [-0.15, -0.1) is 0 Å². The third-order valence-corrected chi connectivity index (χ3v) is 6.10. The van der Waals surface area contributed by atoms with Crippen LogP contribution < -0.4 is 11.2 Å². The molecule has 0 amide bonds. The molecule has 10 heteroatoms. The summed E-state index contributed by atoms with van der Waals surface area (Å²) in [4.78, 5) is 37.1. The molecule has 10 nitrogen and oxygen atoms in total. The molecule has 0 unspecified atom stereocenters.